The van der Waals surface area contributed by atoms with Crippen molar-refractivity contribution in [2.24, 2.45) is 0 Å². The first-order valence-corrected chi connectivity index (χ1v) is 7.64. The molecule has 0 spiro atoms. The van der Waals surface area contributed by atoms with Crippen LogP contribution in [-0.2, 0) is 6.54 Å². The van der Waals surface area contributed by atoms with Gasteiger partial charge in [0, 0.05) is 10.9 Å². The lowest BCUT2D eigenvalue weighted by Gasteiger charge is -2.26. The van der Waals surface area contributed by atoms with Crippen LogP contribution >= 0.6 is 27.3 Å². The highest BCUT2D eigenvalue weighted by Gasteiger charge is 2.16. The maximum atomic E-state index is 5.23. The number of ether oxygens (including phenoxy) is 1. The van der Waals surface area contributed by atoms with Crippen molar-refractivity contribution in [3.05, 3.63) is 33.1 Å². The quantitative estimate of drug-likeness (QED) is 0.830. The van der Waals surface area contributed by atoms with Crippen molar-refractivity contribution in [2.45, 2.75) is 26.4 Å². The van der Waals surface area contributed by atoms with Crippen molar-refractivity contribution >= 4 is 33.2 Å². The molecule has 0 atom stereocenters. The highest BCUT2D eigenvalue weighted by Crippen LogP contribution is 2.25. The molecule has 6 heteroatoms. The molecule has 2 aromatic heterocycles. The first kappa shape index (κ1) is 14.3. The molecule has 0 saturated carbocycles. The summed E-state index contributed by atoms with van der Waals surface area (Å²) in [6.07, 6.45) is 1.73. The third kappa shape index (κ3) is 3.45. The molecule has 2 rings (SSSR count). The number of methoxy groups -OCH3 is 1. The topological polar surface area (TPSA) is 38.2 Å². The third-order valence-corrected chi connectivity index (χ3v) is 4.08. The van der Waals surface area contributed by atoms with E-state index in [1.54, 1.807) is 24.6 Å². The van der Waals surface area contributed by atoms with Crippen molar-refractivity contribution in [3.8, 4) is 5.88 Å². The fourth-order valence-corrected chi connectivity index (χ4v) is 2.73. The molecule has 0 N–H and O–H groups in total. The van der Waals surface area contributed by atoms with Gasteiger partial charge in [0.15, 0.2) is 0 Å². The Kier molecular flexibility index (Phi) is 4.76. The Balaban J connectivity index is 2.28. The summed E-state index contributed by atoms with van der Waals surface area (Å²) >= 11 is 5.11. The smallest absolute Gasteiger partial charge is 0.232 e. The molecule has 2 heterocycles. The van der Waals surface area contributed by atoms with Crippen LogP contribution in [0.25, 0.3) is 0 Å². The van der Waals surface area contributed by atoms with Crippen LogP contribution in [0.5, 0.6) is 5.88 Å². The van der Waals surface area contributed by atoms with E-state index in [-0.39, 0.29) is 0 Å². The standard InChI is InChI=1S/C13H16BrN3OS/c1-9(2)17(8-10-5-4-6-19-10)13-15-7-11(14)12(16-13)18-3/h4-7,9H,8H2,1-3H3. The normalized spacial score (nSPS) is 10.8. The zero-order valence-electron chi connectivity index (χ0n) is 11.1. The first-order valence-electron chi connectivity index (χ1n) is 5.97. The Morgan fingerprint density at radius 1 is 1.47 bits per heavy atom. The van der Waals surface area contributed by atoms with E-state index in [1.165, 1.54) is 4.88 Å². The lowest BCUT2D eigenvalue weighted by molar-refractivity contribution is 0.393. The molecular formula is C13H16BrN3OS. The van der Waals surface area contributed by atoms with Crippen LogP contribution in [0.15, 0.2) is 28.2 Å². The second-order valence-electron chi connectivity index (χ2n) is 4.33. The summed E-state index contributed by atoms with van der Waals surface area (Å²) in [5, 5.41) is 2.08. The number of halogens is 1. The Hall–Kier alpha value is -1.14. The minimum absolute atomic E-state index is 0.313. The molecule has 0 bridgehead atoms. The summed E-state index contributed by atoms with van der Waals surface area (Å²) in [6, 6.07) is 4.49. The number of hydrogen-bond donors (Lipinski definition) is 0. The van der Waals surface area contributed by atoms with Crippen molar-refractivity contribution in [2.75, 3.05) is 12.0 Å². The van der Waals surface area contributed by atoms with E-state index in [4.69, 9.17) is 4.74 Å². The molecule has 0 fully saturated rings. The summed E-state index contributed by atoms with van der Waals surface area (Å²) in [5.41, 5.74) is 0. The number of aromatic nitrogens is 2. The first-order chi connectivity index (χ1) is 9.11. The summed E-state index contributed by atoms with van der Waals surface area (Å²) in [6.45, 7) is 5.07. The van der Waals surface area contributed by atoms with Gasteiger partial charge in [-0.15, -0.1) is 11.3 Å². The van der Waals surface area contributed by atoms with E-state index in [0.717, 1.165) is 11.0 Å². The zero-order chi connectivity index (χ0) is 13.8. The van der Waals surface area contributed by atoms with Gasteiger partial charge in [-0.1, -0.05) is 6.07 Å². The molecule has 0 aliphatic carbocycles. The van der Waals surface area contributed by atoms with Gasteiger partial charge in [0.1, 0.15) is 0 Å². The van der Waals surface area contributed by atoms with Crippen molar-refractivity contribution < 1.29 is 4.74 Å². The SMILES string of the molecule is COc1nc(N(Cc2cccs2)C(C)C)ncc1Br. The average Bonchev–Trinajstić information content (AvgIpc) is 2.89. The van der Waals surface area contributed by atoms with Crippen LogP contribution in [0.1, 0.15) is 18.7 Å². The van der Waals surface area contributed by atoms with Gasteiger partial charge in [0.05, 0.1) is 24.3 Å². The number of nitrogens with zero attached hydrogens (tertiary/aromatic N) is 3. The van der Waals surface area contributed by atoms with Crippen molar-refractivity contribution in [1.82, 2.24) is 9.97 Å². The van der Waals surface area contributed by atoms with Crippen LogP contribution < -0.4 is 9.64 Å². The molecule has 0 aliphatic heterocycles. The van der Waals surface area contributed by atoms with Gasteiger partial charge in [0.2, 0.25) is 11.8 Å². The van der Waals surface area contributed by atoms with Crippen LogP contribution in [0, 0.1) is 0 Å². The predicted molar refractivity (Wildman–Crippen MR) is 81.9 cm³/mol. The fourth-order valence-electron chi connectivity index (χ4n) is 1.68. The Labute approximate surface area is 125 Å². The second-order valence-corrected chi connectivity index (χ2v) is 6.21. The minimum Gasteiger partial charge on any atom is -0.480 e. The third-order valence-electron chi connectivity index (χ3n) is 2.68. The highest BCUT2D eigenvalue weighted by atomic mass is 79.9. The molecule has 0 aliphatic rings. The molecule has 0 amide bonds. The van der Waals surface area contributed by atoms with E-state index in [9.17, 15) is 0 Å². The van der Waals surface area contributed by atoms with Gasteiger partial charge < -0.3 is 9.64 Å². The monoisotopic (exact) mass is 341 g/mol. The summed E-state index contributed by atoms with van der Waals surface area (Å²) in [7, 11) is 1.61. The Bertz CT molecular complexity index is 531. The van der Waals surface area contributed by atoms with Gasteiger partial charge in [-0.05, 0) is 41.2 Å². The minimum atomic E-state index is 0.313. The maximum Gasteiger partial charge on any atom is 0.232 e. The Morgan fingerprint density at radius 2 is 2.26 bits per heavy atom. The van der Waals surface area contributed by atoms with E-state index in [1.807, 2.05) is 0 Å². The molecule has 4 nitrogen and oxygen atoms in total. The van der Waals surface area contributed by atoms with E-state index in [2.05, 4.69) is 62.2 Å². The molecular weight excluding hydrogens is 326 g/mol. The molecule has 0 unspecified atom stereocenters. The summed E-state index contributed by atoms with van der Waals surface area (Å²) in [4.78, 5) is 12.3. The lowest BCUT2D eigenvalue weighted by Crippen LogP contribution is -2.31. The Morgan fingerprint density at radius 3 is 2.84 bits per heavy atom. The molecule has 19 heavy (non-hydrogen) atoms. The summed E-state index contributed by atoms with van der Waals surface area (Å²) in [5.74, 6) is 1.24. The van der Waals surface area contributed by atoms with Gasteiger partial charge in [-0.25, -0.2) is 4.98 Å². The summed E-state index contributed by atoms with van der Waals surface area (Å²) < 4.78 is 5.99. The predicted octanol–water partition coefficient (Wildman–Crippen LogP) is 3.72. The molecule has 0 aromatic carbocycles. The van der Waals surface area contributed by atoms with Gasteiger partial charge in [-0.3, -0.25) is 0 Å². The van der Waals surface area contributed by atoms with Crippen LogP contribution in [0.4, 0.5) is 5.95 Å². The largest absolute Gasteiger partial charge is 0.480 e. The van der Waals surface area contributed by atoms with E-state index in [0.29, 0.717) is 17.9 Å². The highest BCUT2D eigenvalue weighted by molar-refractivity contribution is 9.10. The maximum absolute atomic E-state index is 5.23. The molecule has 0 radical (unpaired) electrons. The van der Waals surface area contributed by atoms with Crippen LogP contribution in [0.2, 0.25) is 0 Å². The van der Waals surface area contributed by atoms with E-state index < -0.39 is 0 Å². The number of rotatable bonds is 5. The number of hydrogen-bond acceptors (Lipinski definition) is 5. The number of anilines is 1. The zero-order valence-corrected chi connectivity index (χ0v) is 13.5. The van der Waals surface area contributed by atoms with Crippen LogP contribution in [0.3, 0.4) is 0 Å². The van der Waals surface area contributed by atoms with Crippen molar-refractivity contribution in [1.29, 1.82) is 0 Å². The van der Waals surface area contributed by atoms with Crippen LogP contribution in [-0.4, -0.2) is 23.1 Å². The fraction of sp³-hybridized carbons (Fsp3) is 0.385. The van der Waals surface area contributed by atoms with Gasteiger partial charge in [-0.2, -0.15) is 4.98 Å². The average molecular weight is 342 g/mol. The van der Waals surface area contributed by atoms with Gasteiger partial charge >= 0.3 is 0 Å². The number of thiophene rings is 1. The van der Waals surface area contributed by atoms with E-state index >= 15 is 0 Å². The second kappa shape index (κ2) is 6.34. The lowest BCUT2D eigenvalue weighted by atomic mass is 10.3. The van der Waals surface area contributed by atoms with Gasteiger partial charge in [0.25, 0.3) is 0 Å². The van der Waals surface area contributed by atoms with Crippen molar-refractivity contribution in [3.63, 3.8) is 0 Å². The molecule has 2 aromatic rings. The molecule has 102 valence electrons. The molecule has 0 saturated heterocycles.